The molecule has 0 saturated heterocycles. The lowest BCUT2D eigenvalue weighted by Crippen LogP contribution is -2.50. The maximum atomic E-state index is 12.3. The number of hydrogen-bond acceptors (Lipinski definition) is 4. The monoisotopic (exact) mass is 328 g/mol. The van der Waals surface area contributed by atoms with Crippen molar-refractivity contribution in [3.8, 4) is 0 Å². The van der Waals surface area contributed by atoms with E-state index in [1.165, 1.54) is 0 Å². The van der Waals surface area contributed by atoms with Gasteiger partial charge in [0.15, 0.2) is 5.65 Å². The van der Waals surface area contributed by atoms with Crippen molar-refractivity contribution in [3.05, 3.63) is 41.5 Å². The van der Waals surface area contributed by atoms with Crippen molar-refractivity contribution in [2.24, 2.45) is 0 Å². The summed E-state index contributed by atoms with van der Waals surface area (Å²) in [6.45, 7) is 4.05. The van der Waals surface area contributed by atoms with Gasteiger partial charge in [-0.3, -0.25) is 9.20 Å². The molecule has 0 aliphatic carbocycles. The van der Waals surface area contributed by atoms with Gasteiger partial charge in [0.05, 0.1) is 11.6 Å². The quantitative estimate of drug-likeness (QED) is 0.705. The largest absolute Gasteiger partial charge is 0.352 e. The molecule has 2 aromatic heterocycles. The average Bonchev–Trinajstić information content (AvgIpc) is 2.94. The second kappa shape index (κ2) is 6.69. The molecule has 0 aromatic carbocycles. The topological polar surface area (TPSA) is 100 Å². The van der Waals surface area contributed by atoms with Gasteiger partial charge in [0.25, 0.3) is 5.91 Å². The predicted octanol–water partition coefficient (Wildman–Crippen LogP) is 0.753. The summed E-state index contributed by atoms with van der Waals surface area (Å²) in [5.74, 6) is 0.703. The van der Waals surface area contributed by atoms with Crippen molar-refractivity contribution in [1.29, 1.82) is 0 Å². The van der Waals surface area contributed by atoms with E-state index in [2.05, 4.69) is 26.1 Å². The van der Waals surface area contributed by atoms with Gasteiger partial charge >= 0.3 is 6.03 Å². The van der Waals surface area contributed by atoms with Gasteiger partial charge in [0.2, 0.25) is 0 Å². The molecule has 24 heavy (non-hydrogen) atoms. The van der Waals surface area contributed by atoms with Crippen LogP contribution >= 0.6 is 0 Å². The molecule has 126 valence electrons. The van der Waals surface area contributed by atoms with Crippen LogP contribution in [-0.4, -0.2) is 39.1 Å². The van der Waals surface area contributed by atoms with Crippen LogP contribution in [-0.2, 0) is 11.2 Å². The molecule has 0 fully saturated rings. The summed E-state index contributed by atoms with van der Waals surface area (Å²) in [6, 6.07) is 5.17. The summed E-state index contributed by atoms with van der Waals surface area (Å²) >= 11 is 0. The number of urea groups is 1. The van der Waals surface area contributed by atoms with Crippen LogP contribution in [0.3, 0.4) is 0 Å². The van der Waals surface area contributed by atoms with Crippen molar-refractivity contribution < 1.29 is 9.59 Å². The summed E-state index contributed by atoms with van der Waals surface area (Å²) in [7, 11) is 0. The van der Waals surface area contributed by atoms with E-state index >= 15 is 0 Å². The Hall–Kier alpha value is -2.90. The maximum absolute atomic E-state index is 12.3. The van der Waals surface area contributed by atoms with Crippen LogP contribution in [0.4, 0.5) is 4.79 Å². The van der Waals surface area contributed by atoms with E-state index in [1.807, 2.05) is 28.8 Å². The first-order valence-corrected chi connectivity index (χ1v) is 7.91. The van der Waals surface area contributed by atoms with E-state index in [4.69, 9.17) is 0 Å². The number of amides is 3. The minimum absolute atomic E-state index is 0.168. The van der Waals surface area contributed by atoms with Crippen molar-refractivity contribution >= 4 is 17.6 Å². The van der Waals surface area contributed by atoms with Crippen molar-refractivity contribution in [2.75, 3.05) is 6.54 Å². The summed E-state index contributed by atoms with van der Waals surface area (Å²) in [5, 5.41) is 16.5. The van der Waals surface area contributed by atoms with Gasteiger partial charge in [-0.05, 0) is 32.4 Å². The van der Waals surface area contributed by atoms with E-state index in [0.29, 0.717) is 24.2 Å². The van der Waals surface area contributed by atoms with E-state index in [1.54, 1.807) is 13.8 Å². The van der Waals surface area contributed by atoms with Crippen LogP contribution in [0.15, 0.2) is 35.7 Å². The van der Waals surface area contributed by atoms with Crippen molar-refractivity contribution in [3.63, 3.8) is 0 Å². The summed E-state index contributed by atoms with van der Waals surface area (Å²) < 4.78 is 1.94. The van der Waals surface area contributed by atoms with Gasteiger partial charge in [-0.1, -0.05) is 6.07 Å². The third-order valence-corrected chi connectivity index (χ3v) is 3.98. The van der Waals surface area contributed by atoms with Gasteiger partial charge < -0.3 is 16.0 Å². The number of hydrogen-bond donors (Lipinski definition) is 3. The number of carbonyl (C=O) groups is 2. The maximum Gasteiger partial charge on any atom is 0.319 e. The molecule has 3 N–H and O–H groups in total. The fourth-order valence-electron chi connectivity index (χ4n) is 2.84. The van der Waals surface area contributed by atoms with Crippen LogP contribution in [0.2, 0.25) is 0 Å². The highest BCUT2D eigenvalue weighted by atomic mass is 16.2. The van der Waals surface area contributed by atoms with Crippen LogP contribution in [0.25, 0.3) is 5.65 Å². The standard InChI is InChI=1S/C16H20N6O2/c1-10-14(11(2)19-16(24)18-10)15(23)17-8-5-7-13-21-20-12-6-3-4-9-22(12)13/h3-4,6,9-10H,5,7-8H2,1-2H3,(H,17,23)(H2,18,19,24). The highest BCUT2D eigenvalue weighted by Gasteiger charge is 2.26. The predicted molar refractivity (Wildman–Crippen MR) is 88.1 cm³/mol. The van der Waals surface area contributed by atoms with Crippen LogP contribution in [0.5, 0.6) is 0 Å². The lowest BCUT2D eigenvalue weighted by atomic mass is 10.0. The average molecular weight is 328 g/mol. The fraction of sp³-hybridized carbons (Fsp3) is 0.375. The molecular formula is C16H20N6O2. The number of aromatic nitrogens is 3. The Morgan fingerprint density at radius 2 is 2.21 bits per heavy atom. The first kappa shape index (κ1) is 16.0. The molecule has 0 radical (unpaired) electrons. The van der Waals surface area contributed by atoms with Crippen molar-refractivity contribution in [1.82, 2.24) is 30.5 Å². The molecule has 1 aliphatic rings. The summed E-state index contributed by atoms with van der Waals surface area (Å²) in [6.07, 6.45) is 3.39. The Labute approximate surface area is 139 Å². The second-order valence-electron chi connectivity index (χ2n) is 5.76. The number of carbonyl (C=O) groups excluding carboxylic acids is 2. The lowest BCUT2D eigenvalue weighted by Gasteiger charge is -2.25. The van der Waals surface area contributed by atoms with Gasteiger partial charge in [0.1, 0.15) is 5.82 Å². The molecule has 0 bridgehead atoms. The Balaban J connectivity index is 1.54. The third-order valence-electron chi connectivity index (χ3n) is 3.98. The number of allylic oxidation sites excluding steroid dienone is 1. The number of pyridine rings is 1. The zero-order chi connectivity index (χ0) is 17.1. The van der Waals surface area contributed by atoms with E-state index in [-0.39, 0.29) is 18.0 Å². The molecule has 1 unspecified atom stereocenters. The molecule has 3 amide bonds. The molecule has 1 atom stereocenters. The molecular weight excluding hydrogens is 308 g/mol. The molecule has 8 nitrogen and oxygen atoms in total. The van der Waals surface area contributed by atoms with E-state index < -0.39 is 0 Å². The number of aryl methyl sites for hydroxylation is 1. The van der Waals surface area contributed by atoms with E-state index in [9.17, 15) is 9.59 Å². The molecule has 3 heterocycles. The number of nitrogens with one attached hydrogen (secondary N) is 3. The molecule has 2 aromatic rings. The lowest BCUT2D eigenvalue weighted by molar-refractivity contribution is -0.117. The first-order chi connectivity index (χ1) is 11.6. The van der Waals surface area contributed by atoms with Crippen molar-refractivity contribution in [2.45, 2.75) is 32.7 Å². The Bertz CT molecular complexity index is 810. The van der Waals surface area contributed by atoms with Gasteiger partial charge in [-0.25, -0.2) is 4.79 Å². The zero-order valence-corrected chi connectivity index (χ0v) is 13.7. The highest BCUT2D eigenvalue weighted by Crippen LogP contribution is 2.11. The van der Waals surface area contributed by atoms with Crippen LogP contribution < -0.4 is 16.0 Å². The highest BCUT2D eigenvalue weighted by molar-refractivity contribution is 5.98. The molecule has 3 rings (SSSR count). The molecule has 0 saturated carbocycles. The smallest absolute Gasteiger partial charge is 0.319 e. The van der Waals surface area contributed by atoms with Crippen LogP contribution in [0, 0.1) is 0 Å². The molecule has 1 aliphatic heterocycles. The minimum Gasteiger partial charge on any atom is -0.352 e. The normalized spacial score (nSPS) is 17.6. The first-order valence-electron chi connectivity index (χ1n) is 7.91. The van der Waals surface area contributed by atoms with E-state index in [0.717, 1.165) is 17.9 Å². The number of nitrogens with zero attached hydrogens (tertiary/aromatic N) is 3. The Morgan fingerprint density at radius 1 is 1.38 bits per heavy atom. The fourth-order valence-corrected chi connectivity index (χ4v) is 2.84. The van der Waals surface area contributed by atoms with Gasteiger partial charge in [-0.15, -0.1) is 10.2 Å². The molecule has 8 heteroatoms. The van der Waals surface area contributed by atoms with Gasteiger partial charge in [0, 0.05) is 24.9 Å². The SMILES string of the molecule is CC1=C(C(=O)NCCCc2nnc3ccccn23)C(C)NC(=O)N1. The third kappa shape index (κ3) is 3.22. The summed E-state index contributed by atoms with van der Waals surface area (Å²) in [5.41, 5.74) is 1.96. The minimum atomic E-state index is -0.306. The Morgan fingerprint density at radius 3 is 3.00 bits per heavy atom. The molecule has 0 spiro atoms. The number of rotatable bonds is 5. The zero-order valence-electron chi connectivity index (χ0n) is 13.7. The second-order valence-corrected chi connectivity index (χ2v) is 5.76. The Kier molecular flexibility index (Phi) is 4.45. The summed E-state index contributed by atoms with van der Waals surface area (Å²) in [4.78, 5) is 23.7. The van der Waals surface area contributed by atoms with Gasteiger partial charge in [-0.2, -0.15) is 0 Å². The number of fused-ring (bicyclic) bond motifs is 1. The van der Waals surface area contributed by atoms with Crippen LogP contribution in [0.1, 0.15) is 26.1 Å².